The predicted octanol–water partition coefficient (Wildman–Crippen LogP) is -0.529. The van der Waals surface area contributed by atoms with Crippen LogP contribution in [0.25, 0.3) is 0 Å². The Kier molecular flexibility index (Phi) is 2.76. The van der Waals surface area contributed by atoms with Crippen molar-refractivity contribution in [3.05, 3.63) is 0 Å². The number of carbonyl (C=O) groups excluding carboxylic acids is 1. The van der Waals surface area contributed by atoms with Crippen molar-refractivity contribution < 1.29 is 27.9 Å². The van der Waals surface area contributed by atoms with E-state index in [0.29, 0.717) is 12.8 Å². The summed E-state index contributed by atoms with van der Waals surface area (Å²) in [7, 11) is -3.20. The molecule has 0 radical (unpaired) electrons. The minimum atomic E-state index is -3.20. The van der Waals surface area contributed by atoms with Gasteiger partial charge in [0.05, 0.1) is 18.1 Å². The molecule has 0 saturated carbocycles. The molecule has 0 aromatic rings. The molecule has 2 aliphatic rings. The molecule has 0 aliphatic carbocycles. The number of sulfone groups is 1. The minimum Gasteiger partial charge on any atom is -0.480 e. The van der Waals surface area contributed by atoms with E-state index in [9.17, 15) is 18.0 Å². The van der Waals surface area contributed by atoms with Crippen LogP contribution in [0.4, 0.5) is 4.79 Å². The van der Waals surface area contributed by atoms with Gasteiger partial charge in [-0.3, -0.25) is 9.69 Å². The molecule has 96 valence electrons. The van der Waals surface area contributed by atoms with Crippen LogP contribution in [0.5, 0.6) is 0 Å². The van der Waals surface area contributed by atoms with E-state index >= 15 is 0 Å². The van der Waals surface area contributed by atoms with E-state index in [1.165, 1.54) is 0 Å². The lowest BCUT2D eigenvalue weighted by atomic mass is 10.00. The van der Waals surface area contributed by atoms with Crippen molar-refractivity contribution in [1.29, 1.82) is 0 Å². The summed E-state index contributed by atoms with van der Waals surface area (Å²) in [5, 5.41) is 8.61. The van der Waals surface area contributed by atoms with Gasteiger partial charge in [0.1, 0.15) is 12.1 Å². The normalized spacial score (nSPS) is 31.5. The van der Waals surface area contributed by atoms with Crippen molar-refractivity contribution in [2.45, 2.75) is 18.4 Å². The number of carboxylic acid groups (broad SMARTS) is 1. The van der Waals surface area contributed by atoms with E-state index in [1.807, 2.05) is 0 Å². The summed E-state index contributed by atoms with van der Waals surface area (Å²) in [6.07, 6.45) is 0.162. The monoisotopic (exact) mass is 263 g/mol. The van der Waals surface area contributed by atoms with Crippen molar-refractivity contribution >= 4 is 21.9 Å². The minimum absolute atomic E-state index is 0.0391. The maximum Gasteiger partial charge on any atom is 0.411 e. The van der Waals surface area contributed by atoms with E-state index in [2.05, 4.69) is 0 Å². The summed E-state index contributed by atoms with van der Waals surface area (Å²) in [4.78, 5) is 23.0. The molecule has 7 nitrogen and oxygen atoms in total. The van der Waals surface area contributed by atoms with Gasteiger partial charge in [-0.05, 0) is 12.8 Å². The Hall–Kier alpha value is -1.31. The van der Waals surface area contributed by atoms with Gasteiger partial charge in [0.15, 0.2) is 9.84 Å². The fraction of sp³-hybridized carbons (Fsp3) is 0.778. The van der Waals surface area contributed by atoms with Gasteiger partial charge in [0, 0.05) is 0 Å². The molecule has 1 spiro atoms. The Bertz CT molecular complexity index is 458. The van der Waals surface area contributed by atoms with Gasteiger partial charge in [-0.2, -0.15) is 0 Å². The first-order valence-electron chi connectivity index (χ1n) is 5.22. The fourth-order valence-electron chi connectivity index (χ4n) is 2.34. The molecule has 0 bridgehead atoms. The number of carboxylic acids is 1. The summed E-state index contributed by atoms with van der Waals surface area (Å²) < 4.78 is 28.1. The van der Waals surface area contributed by atoms with Crippen LogP contribution in [0.1, 0.15) is 12.8 Å². The molecular weight excluding hydrogens is 250 g/mol. The summed E-state index contributed by atoms with van der Waals surface area (Å²) in [6, 6.07) is 0. The number of rotatable bonds is 2. The second-order valence-electron chi connectivity index (χ2n) is 4.50. The van der Waals surface area contributed by atoms with Gasteiger partial charge in [-0.25, -0.2) is 13.2 Å². The predicted molar refractivity (Wildman–Crippen MR) is 56.3 cm³/mol. The molecule has 17 heavy (non-hydrogen) atoms. The van der Waals surface area contributed by atoms with Gasteiger partial charge in [0.25, 0.3) is 0 Å². The molecule has 8 heteroatoms. The second-order valence-corrected chi connectivity index (χ2v) is 6.68. The summed E-state index contributed by atoms with van der Waals surface area (Å²) in [5.74, 6) is -1.25. The van der Waals surface area contributed by atoms with Crippen LogP contribution in [0.15, 0.2) is 0 Å². The van der Waals surface area contributed by atoms with Gasteiger partial charge in [0.2, 0.25) is 0 Å². The van der Waals surface area contributed by atoms with Crippen molar-refractivity contribution in [3.63, 3.8) is 0 Å². The van der Waals surface area contributed by atoms with Crippen LogP contribution < -0.4 is 0 Å². The SMILES string of the molecule is O=C(O)CN1CC2(CCCS(=O)(=O)C2)OC1=O. The van der Waals surface area contributed by atoms with Crippen molar-refractivity contribution in [2.75, 3.05) is 24.6 Å². The van der Waals surface area contributed by atoms with E-state index in [4.69, 9.17) is 9.84 Å². The first kappa shape index (κ1) is 12.2. The number of aliphatic carboxylic acids is 1. The Morgan fingerprint density at radius 3 is 2.82 bits per heavy atom. The molecule has 2 aliphatic heterocycles. The van der Waals surface area contributed by atoms with Crippen molar-refractivity contribution in [2.24, 2.45) is 0 Å². The van der Waals surface area contributed by atoms with Crippen LogP contribution >= 0.6 is 0 Å². The molecule has 0 aromatic heterocycles. The Morgan fingerprint density at radius 1 is 1.53 bits per heavy atom. The molecule has 1 unspecified atom stereocenters. The zero-order valence-electron chi connectivity index (χ0n) is 9.09. The first-order valence-corrected chi connectivity index (χ1v) is 7.04. The lowest BCUT2D eigenvalue weighted by molar-refractivity contribution is -0.137. The van der Waals surface area contributed by atoms with Crippen LogP contribution in [0, 0.1) is 0 Å². The average Bonchev–Trinajstić information content (AvgIpc) is 2.39. The van der Waals surface area contributed by atoms with Gasteiger partial charge < -0.3 is 9.84 Å². The third-order valence-corrected chi connectivity index (χ3v) is 4.81. The number of hydrogen-bond donors (Lipinski definition) is 1. The number of nitrogens with zero attached hydrogens (tertiary/aromatic N) is 1. The van der Waals surface area contributed by atoms with Crippen LogP contribution in [-0.2, 0) is 19.4 Å². The zero-order valence-corrected chi connectivity index (χ0v) is 9.90. The molecule has 2 fully saturated rings. The Labute approximate surface area is 98.3 Å². The third kappa shape index (κ3) is 2.51. The van der Waals surface area contributed by atoms with E-state index in [1.54, 1.807) is 0 Å². The lowest BCUT2D eigenvalue weighted by Gasteiger charge is -2.30. The topological polar surface area (TPSA) is 101 Å². The highest BCUT2D eigenvalue weighted by molar-refractivity contribution is 7.91. The molecule has 1 N–H and O–H groups in total. The van der Waals surface area contributed by atoms with Crippen LogP contribution in [-0.4, -0.2) is 60.7 Å². The smallest absolute Gasteiger partial charge is 0.411 e. The maximum absolute atomic E-state index is 11.5. The van der Waals surface area contributed by atoms with E-state index < -0.39 is 34.0 Å². The van der Waals surface area contributed by atoms with Crippen LogP contribution in [0.2, 0.25) is 0 Å². The zero-order chi connectivity index (χ0) is 12.7. The number of hydrogen-bond acceptors (Lipinski definition) is 5. The Balaban J connectivity index is 2.14. The summed E-state index contributed by atoms with van der Waals surface area (Å²) >= 11 is 0. The fourth-order valence-corrected chi connectivity index (χ4v) is 4.17. The van der Waals surface area contributed by atoms with Gasteiger partial charge >= 0.3 is 12.1 Å². The molecular formula is C9H13NO6S. The second kappa shape index (κ2) is 3.86. The van der Waals surface area contributed by atoms with Gasteiger partial charge in [-0.1, -0.05) is 0 Å². The maximum atomic E-state index is 11.5. The Morgan fingerprint density at radius 2 is 2.24 bits per heavy atom. The molecule has 2 rings (SSSR count). The third-order valence-electron chi connectivity index (χ3n) is 2.94. The van der Waals surface area contributed by atoms with E-state index in [-0.39, 0.29) is 18.1 Å². The summed E-state index contributed by atoms with van der Waals surface area (Å²) in [6.45, 7) is -0.419. The average molecular weight is 263 g/mol. The number of ether oxygens (including phenoxy) is 1. The quantitative estimate of drug-likeness (QED) is 0.718. The molecule has 2 heterocycles. The van der Waals surface area contributed by atoms with Crippen LogP contribution in [0.3, 0.4) is 0 Å². The molecule has 0 aromatic carbocycles. The molecule has 1 atom stereocenters. The van der Waals surface area contributed by atoms with E-state index in [0.717, 1.165) is 4.90 Å². The standard InChI is InChI=1S/C9H13NO6S/c11-7(12)4-10-5-9(16-8(10)13)2-1-3-17(14,15)6-9/h1-6H2,(H,11,12). The highest BCUT2D eigenvalue weighted by Gasteiger charge is 2.50. The molecule has 2 saturated heterocycles. The van der Waals surface area contributed by atoms with Gasteiger partial charge in [-0.15, -0.1) is 0 Å². The largest absolute Gasteiger partial charge is 0.480 e. The lowest BCUT2D eigenvalue weighted by Crippen LogP contribution is -2.46. The van der Waals surface area contributed by atoms with Crippen molar-refractivity contribution in [1.82, 2.24) is 4.90 Å². The highest BCUT2D eigenvalue weighted by atomic mass is 32.2. The summed E-state index contributed by atoms with van der Waals surface area (Å²) in [5.41, 5.74) is -1.04. The number of amides is 1. The molecule has 1 amide bonds. The van der Waals surface area contributed by atoms with Crippen molar-refractivity contribution in [3.8, 4) is 0 Å². The first-order chi connectivity index (χ1) is 7.82. The number of carbonyl (C=O) groups is 2. The highest BCUT2D eigenvalue weighted by Crippen LogP contribution is 2.32.